The summed E-state index contributed by atoms with van der Waals surface area (Å²) in [7, 11) is 0. The second-order valence-corrected chi connectivity index (χ2v) is 15.0. The normalized spacial score (nSPS) is 15.8. The van der Waals surface area contributed by atoms with Crippen molar-refractivity contribution in [3.8, 4) is 23.0 Å². The Morgan fingerprint density at radius 1 is 0.877 bits per heavy atom. The Balaban J connectivity index is 1.12. The molecule has 4 aromatic rings. The molecule has 1 aliphatic rings. The molecule has 1 heterocycles. The number of unbranched alkanes of at least 4 members (excludes halogenated alkanes) is 4. The highest BCUT2D eigenvalue weighted by molar-refractivity contribution is 7.22. The van der Waals surface area contributed by atoms with E-state index >= 15 is 0 Å². The average Bonchev–Trinajstić information content (AvgIpc) is 3.66. The van der Waals surface area contributed by atoms with Crippen LogP contribution in [0.5, 0.6) is 23.0 Å². The van der Waals surface area contributed by atoms with Crippen LogP contribution in [-0.2, 0) is 23.9 Å². The first-order valence-corrected chi connectivity index (χ1v) is 20.5. The number of ether oxygens (including phenoxy) is 5. The van der Waals surface area contributed by atoms with Crippen molar-refractivity contribution >= 4 is 57.3 Å². The van der Waals surface area contributed by atoms with Gasteiger partial charge in [-0.05, 0) is 119 Å². The number of thiazole rings is 1. The number of esters is 3. The monoisotopic (exact) mass is 797 g/mol. The third-order valence-corrected chi connectivity index (χ3v) is 10.7. The molecule has 57 heavy (non-hydrogen) atoms. The lowest BCUT2D eigenvalue weighted by Gasteiger charge is -2.26. The SMILES string of the molecule is C=CC(=O)OCCCCCCOc1ccc(OC(=O)[C@H]2CC[C@H](C(=O)Oc3ccc(OC=O)cc3/C=N/N(c3nc4ccccc4s3)C(C)CCCC)CC2)cc1. The molecule has 1 atom stereocenters. The minimum atomic E-state index is -0.403. The number of carbonyl (C=O) groups is 4. The Kier molecular flexibility index (Phi) is 16.6. The first-order chi connectivity index (χ1) is 27.8. The van der Waals surface area contributed by atoms with Gasteiger partial charge in [0.2, 0.25) is 5.13 Å². The van der Waals surface area contributed by atoms with Gasteiger partial charge in [0.05, 0.1) is 47.5 Å². The first kappa shape index (κ1) is 42.6. The molecule has 3 aromatic carbocycles. The van der Waals surface area contributed by atoms with Gasteiger partial charge in [0.1, 0.15) is 23.0 Å². The van der Waals surface area contributed by atoms with Crippen LogP contribution in [0.1, 0.15) is 90.0 Å². The fraction of sp³-hybridized carbons (Fsp3) is 0.409. The predicted octanol–water partition coefficient (Wildman–Crippen LogP) is 9.24. The van der Waals surface area contributed by atoms with Gasteiger partial charge < -0.3 is 23.7 Å². The van der Waals surface area contributed by atoms with Crippen molar-refractivity contribution < 1.29 is 42.9 Å². The number of hydrogen-bond donors (Lipinski definition) is 0. The van der Waals surface area contributed by atoms with Crippen LogP contribution in [0.2, 0.25) is 0 Å². The molecule has 0 aliphatic heterocycles. The minimum absolute atomic E-state index is 0.0403. The van der Waals surface area contributed by atoms with Crippen LogP contribution in [0.3, 0.4) is 0 Å². The van der Waals surface area contributed by atoms with Crippen molar-refractivity contribution in [3.63, 3.8) is 0 Å². The third kappa shape index (κ3) is 13.0. The second-order valence-electron chi connectivity index (χ2n) is 14.0. The van der Waals surface area contributed by atoms with Gasteiger partial charge >= 0.3 is 17.9 Å². The summed E-state index contributed by atoms with van der Waals surface area (Å²) in [4.78, 5) is 53.6. The van der Waals surface area contributed by atoms with Gasteiger partial charge in [-0.1, -0.05) is 49.8 Å². The fourth-order valence-electron chi connectivity index (χ4n) is 6.44. The van der Waals surface area contributed by atoms with Gasteiger partial charge in [0.25, 0.3) is 6.47 Å². The fourth-order valence-corrected chi connectivity index (χ4v) is 7.47. The number of hydrogen-bond acceptors (Lipinski definition) is 13. The number of para-hydroxylation sites is 1. The van der Waals surface area contributed by atoms with Crippen molar-refractivity contribution in [3.05, 3.63) is 84.9 Å². The molecule has 0 N–H and O–H groups in total. The molecule has 0 saturated heterocycles. The van der Waals surface area contributed by atoms with Crippen LogP contribution < -0.4 is 24.0 Å². The summed E-state index contributed by atoms with van der Waals surface area (Å²) in [6, 6.07) is 19.7. The number of fused-ring (bicyclic) bond motifs is 1. The zero-order valence-electron chi connectivity index (χ0n) is 32.6. The van der Waals surface area contributed by atoms with E-state index in [1.807, 2.05) is 29.3 Å². The largest absolute Gasteiger partial charge is 0.494 e. The van der Waals surface area contributed by atoms with Crippen molar-refractivity contribution in [1.82, 2.24) is 4.98 Å². The Morgan fingerprint density at radius 2 is 1.54 bits per heavy atom. The molecule has 1 saturated carbocycles. The maximum atomic E-state index is 13.5. The van der Waals surface area contributed by atoms with E-state index in [2.05, 4.69) is 20.4 Å². The van der Waals surface area contributed by atoms with Crippen LogP contribution in [0.15, 0.2) is 84.5 Å². The molecule has 5 rings (SSSR count). The highest BCUT2D eigenvalue weighted by Crippen LogP contribution is 2.34. The smallest absolute Gasteiger partial charge is 0.330 e. The van der Waals surface area contributed by atoms with E-state index in [0.717, 1.165) is 66.4 Å². The van der Waals surface area contributed by atoms with E-state index in [9.17, 15) is 19.2 Å². The summed E-state index contributed by atoms with van der Waals surface area (Å²) in [5.41, 5.74) is 1.35. The summed E-state index contributed by atoms with van der Waals surface area (Å²) < 4.78 is 28.6. The number of nitrogens with zero attached hydrogens (tertiary/aromatic N) is 3. The topological polar surface area (TPSA) is 143 Å². The molecule has 0 spiro atoms. The number of hydrazone groups is 1. The molecule has 0 radical (unpaired) electrons. The van der Waals surface area contributed by atoms with E-state index in [1.165, 1.54) is 0 Å². The van der Waals surface area contributed by atoms with Crippen molar-refractivity contribution in [2.24, 2.45) is 16.9 Å². The summed E-state index contributed by atoms with van der Waals surface area (Å²) in [6.07, 6.45) is 11.2. The number of benzene rings is 3. The van der Waals surface area contributed by atoms with E-state index in [0.29, 0.717) is 62.4 Å². The Hall–Kier alpha value is -5.56. The lowest BCUT2D eigenvalue weighted by molar-refractivity contribution is -0.145. The zero-order valence-corrected chi connectivity index (χ0v) is 33.5. The number of anilines is 1. The standard InChI is InChI=1S/C44H51N3O9S/c1-4-6-13-31(3)47(44-46-38-14-9-10-15-40(38)57-44)45-29-34-28-37(54-30-48)24-25-39(34)56-43(51)33-18-16-32(17-19-33)42(50)55-36-22-20-35(21-23-36)52-26-11-7-8-12-27-53-41(49)5-2/h5,9-10,14-15,20-25,28-33H,2,4,6-8,11-13,16-19,26-27H2,1,3H3/b45-29+/t31?,32-,33-. The van der Waals surface area contributed by atoms with Gasteiger partial charge in [-0.25, -0.2) is 14.8 Å². The van der Waals surface area contributed by atoms with Crippen LogP contribution in [0.4, 0.5) is 5.13 Å². The van der Waals surface area contributed by atoms with Gasteiger partial charge in [-0.15, -0.1) is 0 Å². The van der Waals surface area contributed by atoms with E-state index in [4.69, 9.17) is 33.8 Å². The highest BCUT2D eigenvalue weighted by atomic mass is 32.1. The van der Waals surface area contributed by atoms with Gasteiger partial charge in [-0.2, -0.15) is 5.10 Å². The molecular formula is C44H51N3O9S. The van der Waals surface area contributed by atoms with E-state index in [1.54, 1.807) is 60.0 Å². The van der Waals surface area contributed by atoms with Crippen LogP contribution in [-0.4, -0.2) is 54.8 Å². The van der Waals surface area contributed by atoms with Crippen LogP contribution in [0, 0.1) is 11.8 Å². The third-order valence-electron chi connectivity index (χ3n) is 9.72. The van der Waals surface area contributed by atoms with Crippen LogP contribution >= 0.6 is 11.3 Å². The van der Waals surface area contributed by atoms with Crippen molar-refractivity contribution in [2.75, 3.05) is 18.2 Å². The molecule has 12 nitrogen and oxygen atoms in total. The molecular weight excluding hydrogens is 747 g/mol. The molecule has 1 fully saturated rings. The molecule has 1 unspecified atom stereocenters. The Morgan fingerprint density at radius 3 is 2.23 bits per heavy atom. The Labute approximate surface area is 337 Å². The molecule has 1 aliphatic carbocycles. The zero-order chi connectivity index (χ0) is 40.4. The van der Waals surface area contributed by atoms with E-state index < -0.39 is 17.9 Å². The molecule has 1 aromatic heterocycles. The number of rotatable bonds is 22. The molecule has 0 amide bonds. The van der Waals surface area contributed by atoms with Crippen molar-refractivity contribution in [2.45, 2.75) is 90.5 Å². The maximum absolute atomic E-state index is 13.5. The summed E-state index contributed by atoms with van der Waals surface area (Å²) >= 11 is 1.55. The predicted molar refractivity (Wildman–Crippen MR) is 220 cm³/mol. The van der Waals surface area contributed by atoms with Gasteiger partial charge in [0.15, 0.2) is 0 Å². The molecule has 13 heteroatoms. The van der Waals surface area contributed by atoms with Crippen molar-refractivity contribution in [1.29, 1.82) is 0 Å². The minimum Gasteiger partial charge on any atom is -0.494 e. The van der Waals surface area contributed by atoms with Gasteiger partial charge in [-0.3, -0.25) is 14.4 Å². The lowest BCUT2D eigenvalue weighted by Crippen LogP contribution is -2.30. The quantitative estimate of drug-likeness (QED) is 0.0143. The van der Waals surface area contributed by atoms with Gasteiger partial charge in [0, 0.05) is 11.6 Å². The summed E-state index contributed by atoms with van der Waals surface area (Å²) in [6.45, 7) is 8.91. The number of aromatic nitrogens is 1. The number of carbonyl (C=O) groups excluding carboxylic acids is 4. The van der Waals surface area contributed by atoms with Crippen LogP contribution in [0.25, 0.3) is 10.2 Å². The molecule has 0 bridgehead atoms. The second kappa shape index (κ2) is 22.2. The summed E-state index contributed by atoms with van der Waals surface area (Å²) in [5, 5.41) is 7.48. The maximum Gasteiger partial charge on any atom is 0.330 e. The van der Waals surface area contributed by atoms with E-state index in [-0.39, 0.29) is 29.4 Å². The Bertz CT molecular complexity index is 1940. The molecule has 302 valence electrons. The highest BCUT2D eigenvalue weighted by Gasteiger charge is 2.32. The average molecular weight is 798 g/mol. The first-order valence-electron chi connectivity index (χ1n) is 19.7. The summed E-state index contributed by atoms with van der Waals surface area (Å²) in [5.74, 6) is -0.187. The lowest BCUT2D eigenvalue weighted by atomic mass is 9.82.